The third-order valence-electron chi connectivity index (χ3n) is 4.11. The summed E-state index contributed by atoms with van der Waals surface area (Å²) < 4.78 is 38.2. The first-order valence-corrected chi connectivity index (χ1v) is 7.05. The number of nitrogens with one attached hydrogen (secondary N) is 2. The number of aromatic nitrogens is 2. The number of fused-ring (bicyclic) bond motifs is 1. The number of halogens is 3. The minimum Gasteiger partial charge on any atom is -0.346 e. The summed E-state index contributed by atoms with van der Waals surface area (Å²) in [5.74, 6) is -0.664. The van der Waals surface area contributed by atoms with Crippen molar-refractivity contribution in [3.05, 3.63) is 52.3 Å². The van der Waals surface area contributed by atoms with Crippen molar-refractivity contribution in [1.82, 2.24) is 15.5 Å². The summed E-state index contributed by atoms with van der Waals surface area (Å²) in [4.78, 5) is 12.2. The lowest BCUT2D eigenvalue weighted by atomic mass is 10.1. The number of aromatic amines is 1. The molecule has 0 unspecified atom stereocenters. The van der Waals surface area contributed by atoms with Crippen LogP contribution in [0.1, 0.15) is 38.9 Å². The van der Waals surface area contributed by atoms with Crippen LogP contribution in [-0.4, -0.2) is 22.1 Å². The van der Waals surface area contributed by atoms with Crippen molar-refractivity contribution in [2.75, 3.05) is 0 Å². The predicted molar refractivity (Wildman–Crippen MR) is 76.7 cm³/mol. The van der Waals surface area contributed by atoms with E-state index in [1.807, 2.05) is 29.4 Å². The highest BCUT2D eigenvalue weighted by Crippen LogP contribution is 2.32. The number of carbonyl (C=O) groups excluding carboxylic acids is 1. The maximum atomic E-state index is 12.7. The smallest absolute Gasteiger partial charge is 0.346 e. The topological polar surface area (TPSA) is 83.8 Å². The number of nitrogens with zero attached hydrogens (tertiary/aromatic N) is 1. The second-order valence-electron chi connectivity index (χ2n) is 5.58. The van der Waals surface area contributed by atoms with E-state index in [1.54, 1.807) is 0 Å². The van der Waals surface area contributed by atoms with Crippen LogP contribution >= 0.6 is 0 Å². The molecule has 0 fully saturated rings. The summed E-state index contributed by atoms with van der Waals surface area (Å²) in [6, 6.07) is 6.78. The predicted octanol–water partition coefficient (Wildman–Crippen LogP) is 2.09. The second kappa shape index (κ2) is 5.38. The molecule has 1 heterocycles. The van der Waals surface area contributed by atoms with Gasteiger partial charge in [0, 0.05) is 5.56 Å². The van der Waals surface area contributed by atoms with E-state index in [1.165, 1.54) is 6.92 Å². The Morgan fingerprint density at radius 3 is 2.70 bits per heavy atom. The lowest BCUT2D eigenvalue weighted by Gasteiger charge is -2.17. The van der Waals surface area contributed by atoms with Gasteiger partial charge in [-0.1, -0.05) is 24.3 Å². The molecule has 122 valence electrons. The number of rotatable bonds is 2. The number of hydrogen-bond acceptors (Lipinski definition) is 3. The molecule has 0 aliphatic heterocycles. The first kappa shape index (κ1) is 15.5. The molecule has 2 aromatic rings. The monoisotopic (exact) mass is 324 g/mol. The average molecular weight is 324 g/mol. The van der Waals surface area contributed by atoms with E-state index in [-0.39, 0.29) is 17.3 Å². The van der Waals surface area contributed by atoms with E-state index in [2.05, 4.69) is 10.4 Å². The summed E-state index contributed by atoms with van der Waals surface area (Å²) in [5, 5.41) is 8.07. The summed E-state index contributed by atoms with van der Waals surface area (Å²) in [6.07, 6.45) is -4.03. The largest absolute Gasteiger partial charge is 0.433 e. The number of carbonyl (C=O) groups is 1. The SMILES string of the molecule is Cc1c(C(=O)N[C@@H]2Cc3ccccc3[C@H]2N)n[nH]c1C(F)(F)F. The summed E-state index contributed by atoms with van der Waals surface area (Å²) in [5.41, 5.74) is 6.57. The highest BCUT2D eigenvalue weighted by atomic mass is 19.4. The van der Waals surface area contributed by atoms with Gasteiger partial charge in [-0.3, -0.25) is 9.89 Å². The summed E-state index contributed by atoms with van der Waals surface area (Å²) >= 11 is 0. The van der Waals surface area contributed by atoms with Gasteiger partial charge in [0.2, 0.25) is 0 Å². The third-order valence-corrected chi connectivity index (χ3v) is 4.11. The van der Waals surface area contributed by atoms with Crippen LogP contribution in [0.4, 0.5) is 13.2 Å². The van der Waals surface area contributed by atoms with E-state index in [4.69, 9.17) is 5.73 Å². The molecular weight excluding hydrogens is 309 g/mol. The molecule has 8 heteroatoms. The lowest BCUT2D eigenvalue weighted by Crippen LogP contribution is -2.41. The van der Waals surface area contributed by atoms with E-state index in [0.717, 1.165) is 11.1 Å². The van der Waals surface area contributed by atoms with Crippen LogP contribution in [0.25, 0.3) is 0 Å². The van der Waals surface area contributed by atoms with Crippen LogP contribution in [0.5, 0.6) is 0 Å². The summed E-state index contributed by atoms with van der Waals surface area (Å²) in [7, 11) is 0. The molecule has 1 aliphatic carbocycles. The molecule has 3 rings (SSSR count). The quantitative estimate of drug-likeness (QED) is 0.791. The molecule has 23 heavy (non-hydrogen) atoms. The zero-order chi connectivity index (χ0) is 16.8. The van der Waals surface area contributed by atoms with E-state index >= 15 is 0 Å². The first-order chi connectivity index (χ1) is 10.8. The fourth-order valence-electron chi connectivity index (χ4n) is 2.90. The van der Waals surface area contributed by atoms with Gasteiger partial charge in [0.1, 0.15) is 5.69 Å². The Morgan fingerprint density at radius 2 is 2.09 bits per heavy atom. The highest BCUT2D eigenvalue weighted by Gasteiger charge is 2.38. The van der Waals surface area contributed by atoms with Gasteiger partial charge in [-0.2, -0.15) is 18.3 Å². The number of hydrogen-bond donors (Lipinski definition) is 3. The molecule has 0 bridgehead atoms. The Balaban J connectivity index is 1.78. The molecule has 4 N–H and O–H groups in total. The number of alkyl halides is 3. The molecule has 5 nitrogen and oxygen atoms in total. The van der Waals surface area contributed by atoms with E-state index in [0.29, 0.717) is 6.42 Å². The lowest BCUT2D eigenvalue weighted by molar-refractivity contribution is -0.141. The van der Waals surface area contributed by atoms with Crippen LogP contribution < -0.4 is 11.1 Å². The van der Waals surface area contributed by atoms with Crippen molar-refractivity contribution in [2.45, 2.75) is 31.6 Å². The molecule has 1 aromatic heterocycles. The summed E-state index contributed by atoms with van der Waals surface area (Å²) in [6.45, 7) is 1.21. The first-order valence-electron chi connectivity index (χ1n) is 7.05. The van der Waals surface area contributed by atoms with Crippen molar-refractivity contribution in [3.63, 3.8) is 0 Å². The van der Waals surface area contributed by atoms with Crippen molar-refractivity contribution in [3.8, 4) is 0 Å². The van der Waals surface area contributed by atoms with Gasteiger partial charge in [0.25, 0.3) is 5.91 Å². The standard InChI is InChI=1S/C15H15F3N4O/c1-7-12(21-22-13(7)15(16,17)18)14(23)20-10-6-8-4-2-3-5-9(8)11(10)19/h2-5,10-11H,6,19H2,1H3,(H,20,23)(H,21,22)/t10-,11-/m1/s1. The number of nitrogens with two attached hydrogens (primary N) is 1. The zero-order valence-corrected chi connectivity index (χ0v) is 12.2. The van der Waals surface area contributed by atoms with Crippen molar-refractivity contribution >= 4 is 5.91 Å². The molecule has 0 spiro atoms. The molecule has 1 aromatic carbocycles. The van der Waals surface area contributed by atoms with Gasteiger partial charge >= 0.3 is 6.18 Å². The van der Waals surface area contributed by atoms with E-state index < -0.39 is 23.8 Å². The minimum absolute atomic E-state index is 0.223. The fraction of sp³-hybridized carbons (Fsp3) is 0.333. The number of amides is 1. The molecule has 0 radical (unpaired) electrons. The van der Waals surface area contributed by atoms with Gasteiger partial charge in [0.05, 0.1) is 12.1 Å². The highest BCUT2D eigenvalue weighted by molar-refractivity contribution is 5.94. The molecule has 1 amide bonds. The van der Waals surface area contributed by atoms with Crippen molar-refractivity contribution in [2.24, 2.45) is 5.73 Å². The fourth-order valence-corrected chi connectivity index (χ4v) is 2.90. The third kappa shape index (κ3) is 2.70. The van der Waals surface area contributed by atoms with Crippen LogP contribution in [0.3, 0.4) is 0 Å². The zero-order valence-electron chi connectivity index (χ0n) is 12.2. The maximum absolute atomic E-state index is 12.7. The van der Waals surface area contributed by atoms with Crippen LogP contribution in [0.2, 0.25) is 0 Å². The Kier molecular flexibility index (Phi) is 3.63. The number of benzene rings is 1. The van der Waals surface area contributed by atoms with Gasteiger partial charge in [-0.15, -0.1) is 0 Å². The van der Waals surface area contributed by atoms with Crippen molar-refractivity contribution in [1.29, 1.82) is 0 Å². The Morgan fingerprint density at radius 1 is 1.39 bits per heavy atom. The normalized spacial score (nSPS) is 20.4. The van der Waals surface area contributed by atoms with Crippen LogP contribution in [-0.2, 0) is 12.6 Å². The van der Waals surface area contributed by atoms with Gasteiger partial charge in [0.15, 0.2) is 5.69 Å². The maximum Gasteiger partial charge on any atom is 0.433 e. The Hall–Kier alpha value is -2.35. The van der Waals surface area contributed by atoms with E-state index in [9.17, 15) is 18.0 Å². The van der Waals surface area contributed by atoms with Gasteiger partial charge in [-0.25, -0.2) is 0 Å². The number of H-pyrrole nitrogens is 1. The van der Waals surface area contributed by atoms with Gasteiger partial charge < -0.3 is 11.1 Å². The molecule has 0 saturated carbocycles. The minimum atomic E-state index is -4.57. The second-order valence-corrected chi connectivity index (χ2v) is 5.58. The van der Waals surface area contributed by atoms with Crippen molar-refractivity contribution < 1.29 is 18.0 Å². The Bertz CT molecular complexity index is 753. The Labute approximate surface area is 130 Å². The van der Waals surface area contributed by atoms with Gasteiger partial charge in [-0.05, 0) is 24.5 Å². The van der Waals surface area contributed by atoms with Crippen LogP contribution in [0.15, 0.2) is 24.3 Å². The molecule has 0 saturated heterocycles. The average Bonchev–Trinajstić information content (AvgIpc) is 3.01. The molecule has 1 aliphatic rings. The molecule has 2 atom stereocenters. The molecular formula is C15H15F3N4O. The van der Waals surface area contributed by atoms with Crippen LogP contribution in [0, 0.1) is 6.92 Å².